The molecule has 1 fully saturated rings. The molecule has 1 atom stereocenters. The predicted octanol–water partition coefficient (Wildman–Crippen LogP) is 1.66. The maximum atomic E-state index is 11.7. The first-order valence-electron chi connectivity index (χ1n) is 6.57. The minimum Gasteiger partial charge on any atom is -0.491 e. The van der Waals surface area contributed by atoms with E-state index in [0.29, 0.717) is 11.3 Å². The van der Waals surface area contributed by atoms with Crippen molar-refractivity contribution in [3.63, 3.8) is 0 Å². The zero-order chi connectivity index (χ0) is 14.7. The smallest absolute Gasteiger partial charge is 0.232 e. The first kappa shape index (κ1) is 14.2. The van der Waals surface area contributed by atoms with E-state index in [9.17, 15) is 14.4 Å². The topological polar surface area (TPSA) is 63.7 Å². The fraction of sp³-hybridized carbons (Fsp3) is 0.400. The molecular formula is C15H17NO4. The first-order valence-corrected chi connectivity index (χ1v) is 6.57. The van der Waals surface area contributed by atoms with Gasteiger partial charge in [0.1, 0.15) is 12.4 Å². The lowest BCUT2D eigenvalue weighted by atomic mass is 10.1. The van der Waals surface area contributed by atoms with E-state index in [1.54, 1.807) is 31.2 Å². The highest BCUT2D eigenvalue weighted by Gasteiger charge is 2.35. The van der Waals surface area contributed by atoms with Crippen LogP contribution >= 0.6 is 0 Å². The largest absolute Gasteiger partial charge is 0.491 e. The summed E-state index contributed by atoms with van der Waals surface area (Å²) in [4.78, 5) is 36.0. The summed E-state index contributed by atoms with van der Waals surface area (Å²) in [5.74, 6) is -0.161. The van der Waals surface area contributed by atoms with Gasteiger partial charge in [-0.15, -0.1) is 0 Å². The van der Waals surface area contributed by atoms with Gasteiger partial charge in [0.25, 0.3) is 0 Å². The quantitative estimate of drug-likeness (QED) is 0.605. The van der Waals surface area contributed by atoms with Gasteiger partial charge in [-0.25, -0.2) is 0 Å². The van der Waals surface area contributed by atoms with Crippen LogP contribution < -0.4 is 4.74 Å². The van der Waals surface area contributed by atoms with Crippen molar-refractivity contribution in [3.8, 4) is 5.75 Å². The molecule has 1 unspecified atom stereocenters. The van der Waals surface area contributed by atoms with Gasteiger partial charge < -0.3 is 4.74 Å². The van der Waals surface area contributed by atoms with Crippen molar-refractivity contribution in [3.05, 3.63) is 29.8 Å². The first-order chi connectivity index (χ1) is 9.50. The molecule has 2 amide bonds. The van der Waals surface area contributed by atoms with Crippen LogP contribution in [0.15, 0.2) is 24.3 Å². The van der Waals surface area contributed by atoms with Crippen LogP contribution in [-0.4, -0.2) is 35.6 Å². The third-order valence-corrected chi connectivity index (χ3v) is 3.31. The molecule has 1 aromatic rings. The molecule has 5 heteroatoms. The summed E-state index contributed by atoms with van der Waals surface area (Å²) in [5, 5.41) is 0. The number of carbonyl (C=O) groups is 3. The Bertz CT molecular complexity index is 553. The normalized spacial score (nSPS) is 18.5. The Kier molecular flexibility index (Phi) is 4.17. The van der Waals surface area contributed by atoms with Crippen LogP contribution in [0.1, 0.15) is 30.6 Å². The van der Waals surface area contributed by atoms with Gasteiger partial charge in [-0.2, -0.15) is 0 Å². The minimum atomic E-state index is -0.244. The number of benzene rings is 1. The molecule has 0 N–H and O–H groups in total. The number of carbonyl (C=O) groups excluding carboxylic acids is 3. The maximum absolute atomic E-state index is 11.7. The van der Waals surface area contributed by atoms with Crippen molar-refractivity contribution in [2.45, 2.75) is 20.3 Å². The van der Waals surface area contributed by atoms with Crippen LogP contribution in [0.3, 0.4) is 0 Å². The zero-order valence-corrected chi connectivity index (χ0v) is 11.6. The number of rotatable bonds is 5. The van der Waals surface area contributed by atoms with E-state index in [1.807, 2.05) is 0 Å². The van der Waals surface area contributed by atoms with Crippen LogP contribution in [0, 0.1) is 5.92 Å². The average Bonchev–Trinajstić information content (AvgIpc) is 2.65. The van der Waals surface area contributed by atoms with Gasteiger partial charge in [0, 0.05) is 12.3 Å². The SMILES string of the molecule is CC(=O)c1ccccc1OCCN1C(=O)CC(C)C1=O. The van der Waals surface area contributed by atoms with Crippen LogP contribution in [0.2, 0.25) is 0 Å². The van der Waals surface area contributed by atoms with Gasteiger partial charge >= 0.3 is 0 Å². The van der Waals surface area contributed by atoms with Gasteiger partial charge in [-0.05, 0) is 19.1 Å². The van der Waals surface area contributed by atoms with E-state index < -0.39 is 0 Å². The summed E-state index contributed by atoms with van der Waals surface area (Å²) in [5.41, 5.74) is 0.500. The molecule has 20 heavy (non-hydrogen) atoms. The monoisotopic (exact) mass is 275 g/mol. The van der Waals surface area contributed by atoms with Gasteiger partial charge in [0.05, 0.1) is 12.1 Å². The second kappa shape index (κ2) is 5.86. The fourth-order valence-corrected chi connectivity index (χ4v) is 2.21. The fourth-order valence-electron chi connectivity index (χ4n) is 2.21. The molecule has 1 aliphatic heterocycles. The number of ether oxygens (including phenoxy) is 1. The number of Topliss-reactive ketones (excluding diaryl/α,β-unsaturated/α-hetero) is 1. The van der Waals surface area contributed by atoms with Crippen molar-refractivity contribution >= 4 is 17.6 Å². The van der Waals surface area contributed by atoms with Crippen molar-refractivity contribution < 1.29 is 19.1 Å². The Morgan fingerprint density at radius 2 is 2.05 bits per heavy atom. The third kappa shape index (κ3) is 2.87. The van der Waals surface area contributed by atoms with Crippen LogP contribution in [-0.2, 0) is 9.59 Å². The summed E-state index contributed by atoms with van der Waals surface area (Å²) in [6.07, 6.45) is 0.267. The van der Waals surface area contributed by atoms with Gasteiger partial charge in [0.2, 0.25) is 11.8 Å². The van der Waals surface area contributed by atoms with Crippen LogP contribution in [0.5, 0.6) is 5.75 Å². The highest BCUT2D eigenvalue weighted by molar-refractivity contribution is 6.03. The molecule has 0 aromatic heterocycles. The van der Waals surface area contributed by atoms with Crippen LogP contribution in [0.4, 0.5) is 0 Å². The number of likely N-dealkylation sites (tertiary alicyclic amines) is 1. The molecule has 106 valence electrons. The Morgan fingerprint density at radius 1 is 1.35 bits per heavy atom. The number of nitrogens with zero attached hydrogens (tertiary/aromatic N) is 1. The Hall–Kier alpha value is -2.17. The lowest BCUT2D eigenvalue weighted by Crippen LogP contribution is -2.34. The third-order valence-electron chi connectivity index (χ3n) is 3.31. The summed E-state index contributed by atoms with van der Waals surface area (Å²) in [6, 6.07) is 6.92. The second-order valence-electron chi connectivity index (χ2n) is 4.89. The standard InChI is InChI=1S/C15H17NO4/c1-10-9-14(18)16(15(10)19)7-8-20-13-6-4-3-5-12(13)11(2)17/h3-6,10H,7-9H2,1-2H3. The van der Waals surface area contributed by atoms with E-state index in [2.05, 4.69) is 0 Å². The molecule has 0 radical (unpaired) electrons. The molecule has 0 saturated carbocycles. The van der Waals surface area contributed by atoms with Gasteiger partial charge in [-0.1, -0.05) is 19.1 Å². The van der Waals surface area contributed by atoms with Crippen molar-refractivity contribution in [2.75, 3.05) is 13.2 Å². The minimum absolute atomic E-state index is 0.0810. The molecule has 2 rings (SSSR count). The number of para-hydroxylation sites is 1. The molecule has 0 bridgehead atoms. The Morgan fingerprint density at radius 3 is 2.65 bits per heavy atom. The summed E-state index contributed by atoms with van der Waals surface area (Å²) < 4.78 is 5.53. The molecule has 1 aliphatic rings. The number of imide groups is 1. The van der Waals surface area contributed by atoms with Crippen molar-refractivity contribution in [1.29, 1.82) is 0 Å². The number of hydrogen-bond acceptors (Lipinski definition) is 4. The highest BCUT2D eigenvalue weighted by atomic mass is 16.5. The van der Waals surface area contributed by atoms with E-state index in [-0.39, 0.29) is 43.1 Å². The Labute approximate surface area is 117 Å². The van der Waals surface area contributed by atoms with Gasteiger partial charge in [-0.3, -0.25) is 19.3 Å². The maximum Gasteiger partial charge on any atom is 0.232 e. The molecule has 0 spiro atoms. The van der Waals surface area contributed by atoms with E-state index in [1.165, 1.54) is 11.8 Å². The molecule has 5 nitrogen and oxygen atoms in total. The summed E-state index contributed by atoms with van der Waals surface area (Å²) in [6.45, 7) is 3.62. The zero-order valence-electron chi connectivity index (χ0n) is 11.6. The van der Waals surface area contributed by atoms with E-state index >= 15 is 0 Å². The molecule has 1 saturated heterocycles. The molecule has 1 aromatic carbocycles. The Balaban J connectivity index is 1.95. The molecule has 1 heterocycles. The van der Waals surface area contributed by atoms with Crippen LogP contribution in [0.25, 0.3) is 0 Å². The van der Waals surface area contributed by atoms with E-state index in [0.717, 1.165) is 0 Å². The van der Waals surface area contributed by atoms with Gasteiger partial charge in [0.15, 0.2) is 5.78 Å². The summed E-state index contributed by atoms with van der Waals surface area (Å²) >= 11 is 0. The highest BCUT2D eigenvalue weighted by Crippen LogP contribution is 2.20. The number of hydrogen-bond donors (Lipinski definition) is 0. The lowest BCUT2D eigenvalue weighted by Gasteiger charge is -2.15. The van der Waals surface area contributed by atoms with Crippen molar-refractivity contribution in [2.24, 2.45) is 5.92 Å². The van der Waals surface area contributed by atoms with Crippen molar-refractivity contribution in [1.82, 2.24) is 4.90 Å². The predicted molar refractivity (Wildman–Crippen MR) is 72.4 cm³/mol. The number of ketones is 1. The van der Waals surface area contributed by atoms with E-state index in [4.69, 9.17) is 4.74 Å². The summed E-state index contributed by atoms with van der Waals surface area (Å²) in [7, 11) is 0. The molecular weight excluding hydrogens is 258 g/mol. The number of amides is 2. The lowest BCUT2D eigenvalue weighted by molar-refractivity contribution is -0.139. The average molecular weight is 275 g/mol. The molecule has 0 aliphatic carbocycles. The second-order valence-corrected chi connectivity index (χ2v) is 4.89.